The van der Waals surface area contributed by atoms with E-state index in [4.69, 9.17) is 0 Å². The molecule has 0 amide bonds. The molecule has 0 aliphatic heterocycles. The van der Waals surface area contributed by atoms with Gasteiger partial charge in [0.15, 0.2) is 0 Å². The van der Waals surface area contributed by atoms with E-state index in [9.17, 15) is 5.11 Å². The van der Waals surface area contributed by atoms with Crippen molar-refractivity contribution in [1.82, 2.24) is 4.90 Å². The molecule has 2 aliphatic rings. The second-order valence-corrected chi connectivity index (χ2v) is 10.2. The number of benzene rings is 1. The predicted octanol–water partition coefficient (Wildman–Crippen LogP) is 6.84. The largest absolute Gasteiger partial charge is 0.412 e. The van der Waals surface area contributed by atoms with E-state index in [1.807, 2.05) is 37.2 Å². The van der Waals surface area contributed by atoms with Gasteiger partial charge in [-0.3, -0.25) is 0 Å². The molecule has 1 unspecified atom stereocenters. The van der Waals surface area contributed by atoms with E-state index in [1.165, 1.54) is 36.8 Å². The first-order valence-corrected chi connectivity index (χ1v) is 13.1. The Bertz CT molecular complexity index is 843. The molecular formula is C33H57NO3. The fraction of sp³-hybridized carbons (Fsp3) is 0.515. The summed E-state index contributed by atoms with van der Waals surface area (Å²) < 4.78 is 0. The van der Waals surface area contributed by atoms with E-state index in [2.05, 4.69) is 90.0 Å². The summed E-state index contributed by atoms with van der Waals surface area (Å²) in [7, 11) is 4.00. The van der Waals surface area contributed by atoms with Crippen LogP contribution in [0.4, 0.5) is 0 Å². The molecule has 0 bridgehead atoms. The third-order valence-corrected chi connectivity index (χ3v) is 5.55. The zero-order chi connectivity index (χ0) is 26.7. The lowest BCUT2D eigenvalue weighted by Crippen LogP contribution is -2.27. The maximum absolute atomic E-state index is 9.55. The zero-order valence-electron chi connectivity index (χ0n) is 24.6. The fourth-order valence-electron chi connectivity index (χ4n) is 3.28. The standard InChI is InChI=1S/C15H16.C9H19NO.C6H8.C3H8.2H2O.H2/c1-4-6-14(5-2)11-12-15-9-7-13(3)8-10-15;1-9(4-5-9)6-8(11)7-10(2)3;1-6-4-2-3-5-6;1-3-2;;;/h4-12H,1-2H2,3H3;8,11H,4-7H2,1-3H3;6H,2,4H2,1H3;3H2,1-2H3;2*1H2;1H/b12-11+,14-6+;;;;;;/t;;6-;;;;/m..1..../s1. The quantitative estimate of drug-likeness (QED) is 0.303. The molecule has 212 valence electrons. The number of aliphatic hydroxyl groups excluding tert-OH is 1. The highest BCUT2D eigenvalue weighted by molar-refractivity contribution is 5.55. The van der Waals surface area contributed by atoms with E-state index < -0.39 is 0 Å². The minimum atomic E-state index is -0.127. The minimum Gasteiger partial charge on any atom is -0.412 e. The van der Waals surface area contributed by atoms with Gasteiger partial charge in [-0.05, 0) is 63.3 Å². The van der Waals surface area contributed by atoms with Crippen LogP contribution in [0.1, 0.15) is 78.8 Å². The Hall–Kier alpha value is -2.42. The van der Waals surface area contributed by atoms with E-state index in [0.29, 0.717) is 11.3 Å². The summed E-state index contributed by atoms with van der Waals surface area (Å²) in [6.45, 7) is 19.0. The highest BCUT2D eigenvalue weighted by atomic mass is 16.3. The van der Waals surface area contributed by atoms with Gasteiger partial charge in [0, 0.05) is 20.3 Å². The molecule has 5 N–H and O–H groups in total. The van der Waals surface area contributed by atoms with Crippen LogP contribution in [-0.4, -0.2) is 47.7 Å². The SMILES string of the molecule is C=C/C=C(C=C)/C=C/c1ccc(C)cc1.CCC.CN(C)CC(O)CC1(C)CC1.C[C@H]1C#CCC1.O.O.[HH]. The molecule has 0 aromatic heterocycles. The normalized spacial score (nSPS) is 17.0. The van der Waals surface area contributed by atoms with Crippen molar-refractivity contribution < 1.29 is 17.5 Å². The third kappa shape index (κ3) is 22.5. The number of aryl methyl sites for hydroxylation is 1. The first-order valence-electron chi connectivity index (χ1n) is 13.1. The number of rotatable bonds is 8. The van der Waals surface area contributed by atoms with Crippen molar-refractivity contribution in [3.05, 3.63) is 78.4 Å². The highest BCUT2D eigenvalue weighted by Gasteiger charge is 2.38. The number of hydrogen-bond acceptors (Lipinski definition) is 2. The minimum absolute atomic E-state index is 0. The van der Waals surface area contributed by atoms with Crippen LogP contribution in [0.5, 0.6) is 0 Å². The maximum Gasteiger partial charge on any atom is 0.0672 e. The van der Waals surface area contributed by atoms with Gasteiger partial charge < -0.3 is 21.0 Å². The van der Waals surface area contributed by atoms with Crippen molar-refractivity contribution in [2.45, 2.75) is 79.2 Å². The molecule has 2 atom stereocenters. The molecule has 0 radical (unpaired) electrons. The van der Waals surface area contributed by atoms with Crippen LogP contribution in [0.3, 0.4) is 0 Å². The Morgan fingerprint density at radius 1 is 1.19 bits per heavy atom. The van der Waals surface area contributed by atoms with Crippen LogP contribution >= 0.6 is 0 Å². The molecule has 0 saturated heterocycles. The molecule has 1 fully saturated rings. The Labute approximate surface area is 230 Å². The van der Waals surface area contributed by atoms with Crippen LogP contribution < -0.4 is 0 Å². The summed E-state index contributed by atoms with van der Waals surface area (Å²) in [6, 6.07) is 8.40. The number of aliphatic hydroxyl groups is 1. The van der Waals surface area contributed by atoms with Gasteiger partial charge in [-0.15, -0.1) is 11.8 Å². The van der Waals surface area contributed by atoms with Gasteiger partial charge in [0.2, 0.25) is 0 Å². The van der Waals surface area contributed by atoms with Crippen LogP contribution in [0.25, 0.3) is 6.08 Å². The van der Waals surface area contributed by atoms with E-state index >= 15 is 0 Å². The molecule has 1 saturated carbocycles. The van der Waals surface area contributed by atoms with Gasteiger partial charge in [0.05, 0.1) is 6.10 Å². The average Bonchev–Trinajstić information content (AvgIpc) is 3.31. The fourth-order valence-corrected chi connectivity index (χ4v) is 3.28. The molecule has 1 aromatic carbocycles. The third-order valence-electron chi connectivity index (χ3n) is 5.55. The van der Waals surface area contributed by atoms with Gasteiger partial charge in [0.1, 0.15) is 0 Å². The van der Waals surface area contributed by atoms with E-state index in [0.717, 1.165) is 25.0 Å². The molecule has 3 rings (SSSR count). The highest BCUT2D eigenvalue weighted by Crippen LogP contribution is 2.48. The summed E-state index contributed by atoms with van der Waals surface area (Å²) in [4.78, 5) is 2.04. The Kier molecular flexibility index (Phi) is 24.0. The maximum atomic E-state index is 9.55. The van der Waals surface area contributed by atoms with Gasteiger partial charge in [-0.2, -0.15) is 0 Å². The van der Waals surface area contributed by atoms with Gasteiger partial charge in [-0.25, -0.2) is 0 Å². The molecular weight excluding hydrogens is 458 g/mol. The Morgan fingerprint density at radius 2 is 1.76 bits per heavy atom. The first kappa shape index (κ1) is 39.1. The smallest absolute Gasteiger partial charge is 0.0672 e. The summed E-state index contributed by atoms with van der Waals surface area (Å²) in [6.07, 6.45) is 16.7. The van der Waals surface area contributed by atoms with Crippen molar-refractivity contribution in [3.63, 3.8) is 0 Å². The number of nitrogens with zero attached hydrogens (tertiary/aromatic N) is 1. The summed E-state index contributed by atoms with van der Waals surface area (Å²) in [5.41, 5.74) is 4.01. The Morgan fingerprint density at radius 3 is 2.11 bits per heavy atom. The summed E-state index contributed by atoms with van der Waals surface area (Å²) in [5.74, 6) is 6.78. The van der Waals surface area contributed by atoms with Crippen LogP contribution in [0, 0.1) is 30.1 Å². The van der Waals surface area contributed by atoms with Crippen molar-refractivity contribution >= 4 is 6.08 Å². The lowest BCUT2D eigenvalue weighted by Gasteiger charge is -2.18. The number of likely N-dealkylation sites (N-methyl/N-ethyl adjacent to an activating group) is 1. The van der Waals surface area contributed by atoms with E-state index in [-0.39, 0.29) is 18.5 Å². The van der Waals surface area contributed by atoms with Crippen LogP contribution in [-0.2, 0) is 0 Å². The van der Waals surface area contributed by atoms with Gasteiger partial charge in [0.25, 0.3) is 0 Å². The molecule has 4 heteroatoms. The van der Waals surface area contributed by atoms with Crippen molar-refractivity contribution in [3.8, 4) is 11.8 Å². The molecule has 1 aromatic rings. The second-order valence-electron chi connectivity index (χ2n) is 10.2. The summed E-state index contributed by atoms with van der Waals surface area (Å²) in [5, 5.41) is 9.55. The van der Waals surface area contributed by atoms with Gasteiger partial charge in [-0.1, -0.05) is 107 Å². The van der Waals surface area contributed by atoms with Crippen molar-refractivity contribution in [2.75, 3.05) is 20.6 Å². The lowest BCUT2D eigenvalue weighted by molar-refractivity contribution is 0.109. The molecule has 0 heterocycles. The van der Waals surface area contributed by atoms with Crippen LogP contribution in [0.2, 0.25) is 0 Å². The van der Waals surface area contributed by atoms with Gasteiger partial charge >= 0.3 is 0 Å². The Balaban J connectivity index is -0.000000222. The number of allylic oxidation sites excluding steroid dienone is 5. The monoisotopic (exact) mass is 515 g/mol. The number of hydrogen-bond donors (Lipinski definition) is 1. The topological polar surface area (TPSA) is 86.5 Å². The molecule has 37 heavy (non-hydrogen) atoms. The van der Waals surface area contributed by atoms with E-state index in [1.54, 1.807) is 6.08 Å². The zero-order valence-corrected chi connectivity index (χ0v) is 24.6. The average molecular weight is 516 g/mol. The lowest BCUT2D eigenvalue weighted by atomic mass is 10.0. The van der Waals surface area contributed by atoms with Crippen molar-refractivity contribution in [1.29, 1.82) is 0 Å². The first-order chi connectivity index (χ1) is 16.6. The molecule has 0 spiro atoms. The van der Waals surface area contributed by atoms with Crippen molar-refractivity contribution in [2.24, 2.45) is 11.3 Å². The summed E-state index contributed by atoms with van der Waals surface area (Å²) >= 11 is 0. The van der Waals surface area contributed by atoms with Crippen LogP contribution in [0.15, 0.2) is 67.3 Å². The second kappa shape index (κ2) is 22.8. The molecule has 2 aliphatic carbocycles. The predicted molar refractivity (Wildman–Crippen MR) is 167 cm³/mol. The molecule has 4 nitrogen and oxygen atoms in total.